The summed E-state index contributed by atoms with van der Waals surface area (Å²) in [6.07, 6.45) is 1.43. The van der Waals surface area contributed by atoms with Crippen LogP contribution in [0.2, 0.25) is 0 Å². The van der Waals surface area contributed by atoms with Gasteiger partial charge in [0.05, 0.1) is 4.90 Å². The van der Waals surface area contributed by atoms with Crippen LogP contribution in [0.25, 0.3) is 0 Å². The first-order valence-electron chi connectivity index (χ1n) is 8.85. The lowest BCUT2D eigenvalue weighted by atomic mass is 10.1. The van der Waals surface area contributed by atoms with E-state index in [2.05, 4.69) is 10.0 Å². The molecule has 0 spiro atoms. The average Bonchev–Trinajstić information content (AvgIpc) is 3.02. The summed E-state index contributed by atoms with van der Waals surface area (Å²) < 4.78 is 26.8. The fourth-order valence-corrected chi connectivity index (χ4v) is 4.21. The van der Waals surface area contributed by atoms with Gasteiger partial charge in [-0.3, -0.25) is 9.59 Å². The van der Waals surface area contributed by atoms with Crippen molar-refractivity contribution in [1.29, 1.82) is 0 Å². The molecule has 2 rings (SSSR count). The highest BCUT2D eigenvalue weighted by Gasteiger charge is 2.34. The monoisotopic (exact) mass is 381 g/mol. The number of likely N-dealkylation sites (tertiary alicyclic amines) is 1. The van der Waals surface area contributed by atoms with Gasteiger partial charge in [-0.2, -0.15) is 0 Å². The highest BCUT2D eigenvalue weighted by atomic mass is 32.2. The molecule has 1 aromatic rings. The van der Waals surface area contributed by atoms with E-state index in [1.807, 2.05) is 13.8 Å². The van der Waals surface area contributed by atoms with E-state index in [0.717, 1.165) is 6.42 Å². The largest absolute Gasteiger partial charge is 0.330 e. The Morgan fingerprint density at radius 2 is 1.73 bits per heavy atom. The summed E-state index contributed by atoms with van der Waals surface area (Å²) >= 11 is 0. The minimum atomic E-state index is -3.57. The maximum Gasteiger partial charge on any atom is 0.247 e. The molecule has 0 aliphatic carbocycles. The fraction of sp³-hybridized carbons (Fsp3) is 0.556. The van der Waals surface area contributed by atoms with Crippen LogP contribution in [0.4, 0.5) is 5.69 Å². The van der Waals surface area contributed by atoms with Crippen LogP contribution in [-0.4, -0.2) is 43.8 Å². The second kappa shape index (κ2) is 8.18. The molecule has 0 bridgehead atoms. The van der Waals surface area contributed by atoms with Crippen molar-refractivity contribution >= 4 is 27.5 Å². The standard InChI is InChI=1S/C18H27N3O4S/c1-12(2)18(23)21-11-5-6-16(21)17(22)19-14-7-9-15(10-8-14)26(24,25)20-13(3)4/h7-10,12-13,16,20H,5-6,11H2,1-4H3,(H,19,22). The highest BCUT2D eigenvalue weighted by Crippen LogP contribution is 2.22. The van der Waals surface area contributed by atoms with Crippen molar-refractivity contribution in [3.63, 3.8) is 0 Å². The van der Waals surface area contributed by atoms with Crippen molar-refractivity contribution in [2.75, 3.05) is 11.9 Å². The molecule has 7 nitrogen and oxygen atoms in total. The number of carbonyl (C=O) groups is 2. The molecule has 1 aliphatic rings. The Hall–Kier alpha value is -1.93. The van der Waals surface area contributed by atoms with Gasteiger partial charge >= 0.3 is 0 Å². The molecule has 1 unspecified atom stereocenters. The van der Waals surface area contributed by atoms with E-state index in [1.165, 1.54) is 12.1 Å². The Kier molecular flexibility index (Phi) is 6.41. The summed E-state index contributed by atoms with van der Waals surface area (Å²) in [7, 11) is -3.57. The number of sulfonamides is 1. The molecule has 26 heavy (non-hydrogen) atoms. The van der Waals surface area contributed by atoms with E-state index in [4.69, 9.17) is 0 Å². The Morgan fingerprint density at radius 1 is 1.12 bits per heavy atom. The molecule has 2 N–H and O–H groups in total. The minimum absolute atomic E-state index is 0.0242. The van der Waals surface area contributed by atoms with Gasteiger partial charge in [0.2, 0.25) is 21.8 Å². The van der Waals surface area contributed by atoms with Gasteiger partial charge in [-0.25, -0.2) is 13.1 Å². The van der Waals surface area contributed by atoms with Crippen LogP contribution < -0.4 is 10.0 Å². The van der Waals surface area contributed by atoms with Crippen LogP contribution in [0.1, 0.15) is 40.5 Å². The van der Waals surface area contributed by atoms with E-state index in [-0.39, 0.29) is 28.7 Å². The molecule has 2 amide bonds. The highest BCUT2D eigenvalue weighted by molar-refractivity contribution is 7.89. The molecule has 8 heteroatoms. The number of carbonyl (C=O) groups excluding carboxylic acids is 2. The van der Waals surface area contributed by atoms with Crippen LogP contribution >= 0.6 is 0 Å². The summed E-state index contributed by atoms with van der Waals surface area (Å²) in [4.78, 5) is 26.5. The van der Waals surface area contributed by atoms with Crippen LogP contribution in [0.3, 0.4) is 0 Å². The van der Waals surface area contributed by atoms with Gasteiger partial charge in [-0.15, -0.1) is 0 Å². The molecule has 1 aliphatic heterocycles. The molecule has 1 saturated heterocycles. The Balaban J connectivity index is 2.07. The van der Waals surface area contributed by atoms with Crippen molar-refractivity contribution in [1.82, 2.24) is 9.62 Å². The van der Waals surface area contributed by atoms with Crippen molar-refractivity contribution in [2.24, 2.45) is 5.92 Å². The van der Waals surface area contributed by atoms with Crippen molar-refractivity contribution < 1.29 is 18.0 Å². The number of nitrogens with one attached hydrogen (secondary N) is 2. The lowest BCUT2D eigenvalue weighted by Gasteiger charge is -2.25. The average molecular weight is 381 g/mol. The van der Waals surface area contributed by atoms with Crippen LogP contribution in [-0.2, 0) is 19.6 Å². The third-order valence-electron chi connectivity index (χ3n) is 4.16. The first-order valence-corrected chi connectivity index (χ1v) is 10.3. The number of benzene rings is 1. The topological polar surface area (TPSA) is 95.6 Å². The molecule has 0 saturated carbocycles. The van der Waals surface area contributed by atoms with Gasteiger partial charge in [0.25, 0.3) is 0 Å². The van der Waals surface area contributed by atoms with Crippen LogP contribution in [0.15, 0.2) is 29.2 Å². The van der Waals surface area contributed by atoms with Crippen LogP contribution in [0.5, 0.6) is 0 Å². The van der Waals surface area contributed by atoms with Crippen molar-refractivity contribution in [3.8, 4) is 0 Å². The summed E-state index contributed by atoms with van der Waals surface area (Å²) in [6, 6.07) is 5.33. The molecule has 1 fully saturated rings. The molecule has 0 radical (unpaired) electrons. The van der Waals surface area contributed by atoms with Gasteiger partial charge in [-0.05, 0) is 51.0 Å². The number of nitrogens with zero attached hydrogens (tertiary/aromatic N) is 1. The Morgan fingerprint density at radius 3 is 2.27 bits per heavy atom. The lowest BCUT2D eigenvalue weighted by Crippen LogP contribution is -2.44. The summed E-state index contributed by atoms with van der Waals surface area (Å²) in [6.45, 7) is 7.73. The van der Waals surface area contributed by atoms with E-state index in [1.54, 1.807) is 30.9 Å². The first kappa shape index (κ1) is 20.4. The SMILES string of the molecule is CC(C)NS(=O)(=O)c1ccc(NC(=O)C2CCCN2C(=O)C(C)C)cc1. The quantitative estimate of drug-likeness (QED) is 0.787. The predicted molar refractivity (Wildman–Crippen MR) is 100 cm³/mol. The fourth-order valence-electron chi connectivity index (χ4n) is 2.96. The third-order valence-corrected chi connectivity index (χ3v) is 5.83. The molecule has 1 atom stereocenters. The summed E-state index contributed by atoms with van der Waals surface area (Å²) in [5, 5.41) is 2.78. The number of rotatable bonds is 6. The summed E-state index contributed by atoms with van der Waals surface area (Å²) in [5.41, 5.74) is 0.502. The van der Waals surface area contributed by atoms with Crippen LogP contribution in [0, 0.1) is 5.92 Å². The van der Waals surface area contributed by atoms with E-state index < -0.39 is 16.1 Å². The smallest absolute Gasteiger partial charge is 0.247 e. The molecular formula is C18H27N3O4S. The first-order chi connectivity index (χ1) is 12.1. The minimum Gasteiger partial charge on any atom is -0.330 e. The van der Waals surface area contributed by atoms with Gasteiger partial charge in [-0.1, -0.05) is 13.8 Å². The van der Waals surface area contributed by atoms with E-state index in [9.17, 15) is 18.0 Å². The van der Waals surface area contributed by atoms with Crippen molar-refractivity contribution in [3.05, 3.63) is 24.3 Å². The Labute approximate surface area is 155 Å². The molecule has 0 aromatic heterocycles. The maximum atomic E-state index is 12.5. The van der Waals surface area contributed by atoms with Gasteiger partial charge in [0.1, 0.15) is 6.04 Å². The maximum absolute atomic E-state index is 12.5. The number of anilines is 1. The zero-order valence-electron chi connectivity index (χ0n) is 15.7. The van der Waals surface area contributed by atoms with E-state index in [0.29, 0.717) is 18.7 Å². The van der Waals surface area contributed by atoms with Gasteiger partial charge < -0.3 is 10.2 Å². The Bertz CT molecular complexity index is 757. The summed E-state index contributed by atoms with van der Waals surface area (Å²) in [5.74, 6) is -0.419. The predicted octanol–water partition coefficient (Wildman–Crippen LogP) is 1.96. The molecular weight excluding hydrogens is 354 g/mol. The zero-order valence-corrected chi connectivity index (χ0v) is 16.5. The van der Waals surface area contributed by atoms with Crippen molar-refractivity contribution in [2.45, 2.75) is 57.5 Å². The zero-order chi connectivity index (χ0) is 19.5. The lowest BCUT2D eigenvalue weighted by molar-refractivity contribution is -0.139. The number of amides is 2. The third kappa shape index (κ3) is 4.82. The van der Waals surface area contributed by atoms with Gasteiger partial charge in [0, 0.05) is 24.2 Å². The normalized spacial score (nSPS) is 17.8. The second-order valence-corrected chi connectivity index (χ2v) is 8.85. The molecule has 1 aromatic carbocycles. The van der Waals surface area contributed by atoms with E-state index >= 15 is 0 Å². The number of hydrogen-bond donors (Lipinski definition) is 2. The number of hydrogen-bond acceptors (Lipinski definition) is 4. The van der Waals surface area contributed by atoms with Gasteiger partial charge in [0.15, 0.2) is 0 Å². The molecule has 1 heterocycles. The second-order valence-electron chi connectivity index (χ2n) is 7.13. The molecule has 144 valence electrons.